The monoisotopic (exact) mass is 1600 g/mol. The highest BCUT2D eigenvalue weighted by Gasteiger charge is 2.32. The molecule has 22 nitrogen and oxygen atoms in total. The van der Waals surface area contributed by atoms with Crippen LogP contribution in [-0.4, -0.2) is 89.2 Å². The third kappa shape index (κ3) is 22.2. The van der Waals surface area contributed by atoms with E-state index in [-0.39, 0.29) is 52.2 Å². The fourth-order valence-corrected chi connectivity index (χ4v) is 16.8. The van der Waals surface area contributed by atoms with Crippen LogP contribution in [0.15, 0.2) is 296 Å². The zero-order valence-electron chi connectivity index (χ0n) is 59.6. The molecule has 8 N–H and O–H groups in total. The van der Waals surface area contributed by atoms with E-state index in [2.05, 4.69) is 32.8 Å². The summed E-state index contributed by atoms with van der Waals surface area (Å²) in [7, 11) is -28.4. The molecule has 7 unspecified atom stereocenters. The van der Waals surface area contributed by atoms with Crippen molar-refractivity contribution in [2.75, 3.05) is 10.6 Å². The van der Waals surface area contributed by atoms with Gasteiger partial charge in [0.15, 0.2) is 0 Å². The third-order valence-electron chi connectivity index (χ3n) is 19.9. The summed E-state index contributed by atoms with van der Waals surface area (Å²) in [6.07, 6.45) is 9.22. The van der Waals surface area contributed by atoms with Crippen LogP contribution in [0.3, 0.4) is 0 Å². The Labute approximate surface area is 641 Å². The summed E-state index contributed by atoms with van der Waals surface area (Å²) in [5, 5.41) is 6.86. The van der Waals surface area contributed by atoms with Crippen LogP contribution in [0.4, 0.5) is 34.1 Å². The van der Waals surface area contributed by atoms with Crippen molar-refractivity contribution >= 4 is 106 Å². The lowest BCUT2D eigenvalue weighted by molar-refractivity contribution is -0.353. The normalized spacial score (nSPS) is 14.9. The Bertz CT molecular complexity index is 5760. The minimum Gasteiger partial charge on any atom is -0.744 e. The van der Waals surface area contributed by atoms with Gasteiger partial charge in [0.2, 0.25) is 22.8 Å². The Balaban J connectivity index is 0.961. The molecule has 0 radical (unpaired) electrons. The summed E-state index contributed by atoms with van der Waals surface area (Å²) in [5.74, 6) is -3.51. The van der Waals surface area contributed by atoms with Crippen LogP contribution in [0.2, 0.25) is 0 Å². The Morgan fingerprint density at radius 3 is 0.727 bits per heavy atom. The predicted octanol–water partition coefficient (Wildman–Crippen LogP) is 13.6. The molecule has 0 heterocycles. The lowest BCUT2D eigenvalue weighted by Crippen LogP contribution is -2.68. The topological polar surface area (TPSA) is 384 Å². The van der Waals surface area contributed by atoms with Gasteiger partial charge < -0.3 is 19.7 Å². The fourth-order valence-electron chi connectivity index (χ4n) is 14.0. The molecule has 0 fully saturated rings. The molecule has 0 aromatic heterocycles. The molecule has 110 heavy (non-hydrogen) atoms. The van der Waals surface area contributed by atoms with Gasteiger partial charge in [-0.25, -0.2) is 26.8 Å². The minimum absolute atomic E-state index is 0.168. The average Bonchev–Trinajstić information content (AvgIpc) is 0.804. The quantitative estimate of drug-likeness (QED) is 0.0148. The van der Waals surface area contributed by atoms with Crippen molar-refractivity contribution in [3.63, 3.8) is 0 Å². The molecule has 1 aliphatic carbocycles. The number of allylic oxidation sites excluding steroid dienone is 4. The lowest BCUT2D eigenvalue weighted by Gasteiger charge is -2.33. The summed E-state index contributed by atoms with van der Waals surface area (Å²) < 4.78 is 214. The molecule has 0 aliphatic heterocycles. The van der Waals surface area contributed by atoms with Crippen molar-refractivity contribution in [1.82, 2.24) is 0 Å². The molecule has 572 valence electrons. The predicted molar refractivity (Wildman–Crippen MR) is 419 cm³/mol. The van der Waals surface area contributed by atoms with Crippen LogP contribution >= 0.6 is 0 Å². The first-order valence-electron chi connectivity index (χ1n) is 34.9. The van der Waals surface area contributed by atoms with Gasteiger partial charge in [-0.2, -0.15) is 33.7 Å². The number of anilines is 4. The molecule has 7 atom stereocenters. The van der Waals surface area contributed by atoms with Crippen molar-refractivity contribution < 1.29 is 87.8 Å². The Morgan fingerprint density at radius 2 is 0.482 bits per heavy atom. The molecule has 10 aromatic rings. The molecular weight excluding hydrogens is 1520 g/mol. The number of hydrogen-bond acceptors (Lipinski definition) is 16. The van der Waals surface area contributed by atoms with Crippen LogP contribution in [0.1, 0.15) is 138 Å². The summed E-state index contributed by atoms with van der Waals surface area (Å²) in [6, 6.07) is 65.4. The van der Waals surface area contributed by atoms with E-state index >= 15 is 0 Å². The van der Waals surface area contributed by atoms with Crippen molar-refractivity contribution in [2.45, 2.75) is 130 Å². The number of hydrogen-bond donors (Lipinski definition) is 8. The van der Waals surface area contributed by atoms with Crippen molar-refractivity contribution in [1.29, 1.82) is 0 Å². The number of benzene rings is 10. The average molecular weight is 1600 g/mol. The number of nitrogens with one attached hydrogen (secondary N) is 4. The van der Waals surface area contributed by atoms with Gasteiger partial charge in [0, 0.05) is 71.3 Å². The van der Waals surface area contributed by atoms with Gasteiger partial charge in [0.25, 0.3) is 40.5 Å². The molecule has 11 rings (SSSR count). The number of aryl methyl sites for hydroxylation is 1. The summed E-state index contributed by atoms with van der Waals surface area (Å²) >= 11 is 0. The van der Waals surface area contributed by atoms with Crippen LogP contribution in [0.25, 0.3) is 0 Å². The fraction of sp³-hybridized carbons (Fsp3) is 0.195. The molecule has 0 bridgehead atoms. The van der Waals surface area contributed by atoms with E-state index in [1.807, 2.05) is 130 Å². The maximum Gasteiger partial charge on any atom is 0.294 e. The highest BCUT2D eigenvalue weighted by Crippen LogP contribution is 2.48. The van der Waals surface area contributed by atoms with Crippen LogP contribution in [0.5, 0.6) is 0 Å². The maximum atomic E-state index is 12.6. The van der Waals surface area contributed by atoms with Gasteiger partial charge in [0.1, 0.15) is 20.2 Å². The second-order valence-corrected chi connectivity index (χ2v) is 36.1. The number of rotatable bonds is 31. The van der Waals surface area contributed by atoms with Gasteiger partial charge in [-0.15, -0.1) is 0 Å². The molecule has 0 spiro atoms. The van der Waals surface area contributed by atoms with E-state index in [1.54, 1.807) is 60.7 Å². The van der Waals surface area contributed by atoms with E-state index in [0.717, 1.165) is 45.4 Å². The van der Waals surface area contributed by atoms with Gasteiger partial charge in [-0.05, 0) is 247 Å². The van der Waals surface area contributed by atoms with Gasteiger partial charge >= 0.3 is 0 Å². The second kappa shape index (κ2) is 34.1. The third-order valence-corrected chi connectivity index (χ3v) is 25.0. The molecular formula is C82H80N4O18S6. The van der Waals surface area contributed by atoms with E-state index in [0.29, 0.717) is 51.9 Å². The van der Waals surface area contributed by atoms with Gasteiger partial charge in [-0.1, -0.05) is 116 Å². The zero-order chi connectivity index (χ0) is 78.9. The first-order chi connectivity index (χ1) is 51.9. The molecule has 0 amide bonds. The van der Waals surface area contributed by atoms with E-state index in [1.165, 1.54) is 90.5 Å². The molecule has 28 heteroatoms. The molecule has 10 aromatic carbocycles. The van der Waals surface area contributed by atoms with E-state index in [4.69, 9.17) is 0 Å². The van der Waals surface area contributed by atoms with Crippen molar-refractivity contribution in [2.24, 2.45) is 0 Å². The summed E-state index contributed by atoms with van der Waals surface area (Å²) in [5.41, 5.74) is 12.5. The SMILES string of the molecule is Cc1ccc(Nc2ccc(Nc3ccc([NH+]=C4C=CC(=[NH+]c5ccc(C(CC(CC(C)c6ccc(S(=O)(=O)O)cc6)c6ccc(S(=O)(=O)O)cc6)CC(CC(CC(CC(C)c6ccc(S(=O)(=O)O)cc6)c6ccc(S(=O)(=O)O)cc6)c6ccc(S(=O)(=O)[O-])cc6)c6ccc(S(=O)(=O)[O-])cc6)cc5)C=C4)cc3)cc2)cc1. The van der Waals surface area contributed by atoms with Crippen LogP contribution < -0.4 is 20.6 Å². The van der Waals surface area contributed by atoms with Crippen molar-refractivity contribution in [3.8, 4) is 0 Å². The molecule has 0 saturated carbocycles. The van der Waals surface area contributed by atoms with Crippen LogP contribution in [-0.2, 0) is 60.7 Å². The highest BCUT2D eigenvalue weighted by atomic mass is 32.2. The smallest absolute Gasteiger partial charge is 0.294 e. The summed E-state index contributed by atoms with van der Waals surface area (Å²) in [4.78, 5) is 4.50. The molecule has 0 saturated heterocycles. The Hall–Kier alpha value is -9.92. The largest absolute Gasteiger partial charge is 0.744 e. The first kappa shape index (κ1) is 81.1. The summed E-state index contributed by atoms with van der Waals surface area (Å²) in [6.45, 7) is 5.85. The first-order valence-corrected chi connectivity index (χ1v) is 43.5. The van der Waals surface area contributed by atoms with Gasteiger partial charge in [0.05, 0.1) is 29.4 Å². The van der Waals surface area contributed by atoms with Gasteiger partial charge in [-0.3, -0.25) is 18.2 Å². The zero-order valence-corrected chi connectivity index (χ0v) is 64.5. The lowest BCUT2D eigenvalue weighted by atomic mass is 9.71. The standard InChI is InChI=1S/C82H80N4O18S6/c1-54-4-20-69(21-5-54)83-71-24-28-73(29-25-71)85-75-32-34-76(35-33-75)86-74-30-26-72(27-31-74)84-70-22-6-59(7-23-70)66(50-64(60-12-40-79(41-13-60)107(93,94)95)48-55(2)57-8-36-77(37-9-57)105(87,88)89)52-68(63-18-46-82(47-19-63)110(102,103)104)53-67(62-16-44-81(45-17-62)109(99,100)101)51-65(61-14-42-80(43-15-61)108(96,97)98)49-56(3)58-10-38-78(39-11-58)106(90,91)92/h4-47,55-56,64-68,83,85H,48-53H2,1-3H3,(H,87,88,89)(H,90,91,92)(H,93,94,95)(H,96,97,98)(H,99,100,101)(H,102,103,104). The highest BCUT2D eigenvalue weighted by molar-refractivity contribution is 7.87. The maximum absolute atomic E-state index is 12.6. The molecule has 1 aliphatic rings. The Morgan fingerprint density at radius 1 is 0.282 bits per heavy atom. The minimum atomic E-state index is -4.99. The Kier molecular flexibility index (Phi) is 25.2. The van der Waals surface area contributed by atoms with E-state index < -0.39 is 105 Å². The second-order valence-electron chi connectivity index (χ2n) is 27.6. The van der Waals surface area contributed by atoms with Crippen molar-refractivity contribution in [3.05, 3.63) is 311 Å². The van der Waals surface area contributed by atoms with E-state index in [9.17, 15) is 77.8 Å². The van der Waals surface area contributed by atoms with Crippen LogP contribution in [0, 0.1) is 6.92 Å².